The van der Waals surface area contributed by atoms with Gasteiger partial charge in [0.05, 0.1) is 6.07 Å². The van der Waals surface area contributed by atoms with Crippen molar-refractivity contribution < 1.29 is 14.4 Å². The molecule has 0 spiro atoms. The van der Waals surface area contributed by atoms with Gasteiger partial charge in [0.15, 0.2) is 0 Å². The maximum Gasteiger partial charge on any atom is 0.268 e. The number of rotatable bonds is 7. The van der Waals surface area contributed by atoms with Crippen LogP contribution in [-0.2, 0) is 9.59 Å². The predicted molar refractivity (Wildman–Crippen MR) is 112 cm³/mol. The van der Waals surface area contributed by atoms with E-state index in [1.165, 1.54) is 4.90 Å². The topological polar surface area (TPSA) is 106 Å². The van der Waals surface area contributed by atoms with Crippen LogP contribution in [0.4, 0.5) is 0 Å². The monoisotopic (exact) mass is 406 g/mol. The zero-order valence-electron chi connectivity index (χ0n) is 17.2. The Kier molecular flexibility index (Phi) is 6.68. The van der Waals surface area contributed by atoms with E-state index >= 15 is 0 Å². The molecule has 0 radical (unpaired) electrons. The average Bonchev–Trinajstić information content (AvgIpc) is 3.40. The van der Waals surface area contributed by atoms with E-state index < -0.39 is 12.1 Å². The second kappa shape index (κ2) is 9.40. The van der Waals surface area contributed by atoms with Crippen molar-refractivity contribution in [3.63, 3.8) is 0 Å². The lowest BCUT2D eigenvalue weighted by Crippen LogP contribution is -2.50. The van der Waals surface area contributed by atoms with E-state index in [9.17, 15) is 19.6 Å². The Balaban J connectivity index is 1.75. The zero-order valence-corrected chi connectivity index (χ0v) is 17.2. The van der Waals surface area contributed by atoms with Gasteiger partial charge < -0.3 is 20.0 Å². The van der Waals surface area contributed by atoms with Crippen molar-refractivity contribution in [1.29, 1.82) is 5.26 Å². The van der Waals surface area contributed by atoms with Gasteiger partial charge in [0, 0.05) is 18.2 Å². The number of nitrogens with one attached hydrogen (secondary N) is 2. The van der Waals surface area contributed by atoms with Gasteiger partial charge in [-0.15, -0.1) is 0 Å². The fourth-order valence-corrected chi connectivity index (χ4v) is 3.78. The summed E-state index contributed by atoms with van der Waals surface area (Å²) in [5, 5.41) is 12.2. The molecule has 0 saturated carbocycles. The van der Waals surface area contributed by atoms with E-state index in [0.29, 0.717) is 18.5 Å². The summed E-state index contributed by atoms with van der Waals surface area (Å²) in [5.41, 5.74) is 2.13. The molecule has 1 aliphatic rings. The SMILES string of the molecule is CC(C)CC(NC(=O)c1ccc(-c2ccccc2)[nH]1)C(=O)N1CC(C=O)CC1C#N. The molecule has 1 aromatic carbocycles. The summed E-state index contributed by atoms with van der Waals surface area (Å²) in [4.78, 5) is 41.6. The van der Waals surface area contributed by atoms with Gasteiger partial charge in [0.1, 0.15) is 24.1 Å². The van der Waals surface area contributed by atoms with Crippen LogP contribution in [0.5, 0.6) is 0 Å². The van der Waals surface area contributed by atoms with Crippen molar-refractivity contribution in [2.45, 2.75) is 38.8 Å². The van der Waals surface area contributed by atoms with Gasteiger partial charge in [-0.2, -0.15) is 5.26 Å². The minimum absolute atomic E-state index is 0.160. The molecule has 30 heavy (non-hydrogen) atoms. The van der Waals surface area contributed by atoms with E-state index in [2.05, 4.69) is 16.4 Å². The highest BCUT2D eigenvalue weighted by atomic mass is 16.2. The van der Waals surface area contributed by atoms with Crippen molar-refractivity contribution in [3.05, 3.63) is 48.2 Å². The Morgan fingerprint density at radius 1 is 1.27 bits per heavy atom. The molecule has 7 nitrogen and oxygen atoms in total. The van der Waals surface area contributed by atoms with Gasteiger partial charge in [0.25, 0.3) is 5.91 Å². The van der Waals surface area contributed by atoms with Crippen molar-refractivity contribution in [2.24, 2.45) is 11.8 Å². The molecular formula is C23H26N4O3. The van der Waals surface area contributed by atoms with Gasteiger partial charge in [-0.1, -0.05) is 44.2 Å². The van der Waals surface area contributed by atoms with Crippen molar-refractivity contribution in [2.75, 3.05) is 6.54 Å². The summed E-state index contributed by atoms with van der Waals surface area (Å²) >= 11 is 0. The number of nitrogens with zero attached hydrogens (tertiary/aromatic N) is 2. The first kappa shape index (κ1) is 21.3. The quantitative estimate of drug-likeness (QED) is 0.690. The van der Waals surface area contributed by atoms with Crippen LogP contribution in [-0.4, -0.2) is 46.6 Å². The highest BCUT2D eigenvalue weighted by molar-refractivity contribution is 5.97. The van der Waals surface area contributed by atoms with Gasteiger partial charge >= 0.3 is 0 Å². The highest BCUT2D eigenvalue weighted by Crippen LogP contribution is 2.24. The number of hydrogen-bond donors (Lipinski definition) is 2. The van der Waals surface area contributed by atoms with Crippen LogP contribution in [0, 0.1) is 23.2 Å². The molecule has 2 aromatic rings. The molecule has 2 amide bonds. The predicted octanol–water partition coefficient (Wildman–Crippen LogP) is 2.77. The molecule has 3 unspecified atom stereocenters. The molecule has 2 N–H and O–H groups in total. The molecule has 2 heterocycles. The van der Waals surface area contributed by atoms with Crippen LogP contribution in [0.25, 0.3) is 11.3 Å². The molecule has 1 saturated heterocycles. The van der Waals surface area contributed by atoms with Gasteiger partial charge in [-0.25, -0.2) is 0 Å². The number of likely N-dealkylation sites (tertiary alicyclic amines) is 1. The van der Waals surface area contributed by atoms with E-state index in [0.717, 1.165) is 17.5 Å². The average molecular weight is 406 g/mol. The van der Waals surface area contributed by atoms with Gasteiger partial charge in [0.2, 0.25) is 5.91 Å². The number of amides is 2. The van der Waals surface area contributed by atoms with Gasteiger partial charge in [-0.05, 0) is 36.5 Å². The first-order valence-corrected chi connectivity index (χ1v) is 10.1. The van der Waals surface area contributed by atoms with Crippen molar-refractivity contribution >= 4 is 18.1 Å². The molecule has 1 aliphatic heterocycles. The second-order valence-corrected chi connectivity index (χ2v) is 8.07. The van der Waals surface area contributed by atoms with Crippen LogP contribution in [0.3, 0.4) is 0 Å². The second-order valence-electron chi connectivity index (χ2n) is 8.07. The number of hydrogen-bond acceptors (Lipinski definition) is 4. The smallest absolute Gasteiger partial charge is 0.268 e. The van der Waals surface area contributed by atoms with E-state index in [1.807, 2.05) is 50.2 Å². The Morgan fingerprint density at radius 2 is 2.00 bits per heavy atom. The van der Waals surface area contributed by atoms with Crippen LogP contribution >= 0.6 is 0 Å². The molecular weight excluding hydrogens is 380 g/mol. The number of nitriles is 1. The van der Waals surface area contributed by atoms with E-state index in [-0.39, 0.29) is 30.2 Å². The number of carbonyl (C=O) groups excluding carboxylic acids is 3. The standard InChI is InChI=1S/C23H26N4O3/c1-15(2)10-21(23(30)27-13-16(14-28)11-18(27)12-24)26-22(29)20-9-8-19(25-20)17-6-4-3-5-7-17/h3-9,14-16,18,21,25H,10-11,13H2,1-2H3,(H,26,29). The maximum atomic E-state index is 13.1. The third-order valence-electron chi connectivity index (χ3n) is 5.28. The molecule has 7 heteroatoms. The first-order chi connectivity index (χ1) is 14.4. The lowest BCUT2D eigenvalue weighted by molar-refractivity contribution is -0.133. The minimum atomic E-state index is -0.762. The number of aromatic nitrogens is 1. The summed E-state index contributed by atoms with van der Waals surface area (Å²) in [6, 6.07) is 13.8. The number of carbonyl (C=O) groups is 3. The lowest BCUT2D eigenvalue weighted by atomic mass is 10.0. The molecule has 0 aliphatic carbocycles. The molecule has 3 atom stereocenters. The third kappa shape index (κ3) is 4.77. The van der Waals surface area contributed by atoms with E-state index in [1.54, 1.807) is 6.07 Å². The van der Waals surface area contributed by atoms with Crippen LogP contribution in [0.15, 0.2) is 42.5 Å². The summed E-state index contributed by atoms with van der Waals surface area (Å²) < 4.78 is 0. The normalized spacial score (nSPS) is 19.3. The highest BCUT2D eigenvalue weighted by Gasteiger charge is 2.38. The van der Waals surface area contributed by atoms with Crippen molar-refractivity contribution in [1.82, 2.24) is 15.2 Å². The van der Waals surface area contributed by atoms with Crippen LogP contribution in [0.1, 0.15) is 37.2 Å². The van der Waals surface area contributed by atoms with Crippen molar-refractivity contribution in [3.8, 4) is 17.3 Å². The molecule has 3 rings (SSSR count). The van der Waals surface area contributed by atoms with E-state index in [4.69, 9.17) is 0 Å². The molecule has 156 valence electrons. The fraction of sp³-hybridized carbons (Fsp3) is 0.391. The maximum absolute atomic E-state index is 13.1. The summed E-state index contributed by atoms with van der Waals surface area (Å²) in [7, 11) is 0. The summed E-state index contributed by atoms with van der Waals surface area (Å²) in [6.07, 6.45) is 1.57. The number of aldehydes is 1. The molecule has 1 aromatic heterocycles. The number of benzene rings is 1. The Hall–Kier alpha value is -3.40. The third-order valence-corrected chi connectivity index (χ3v) is 5.28. The van der Waals surface area contributed by atoms with Crippen LogP contribution in [0.2, 0.25) is 0 Å². The van der Waals surface area contributed by atoms with Crippen LogP contribution < -0.4 is 5.32 Å². The van der Waals surface area contributed by atoms with Gasteiger partial charge in [-0.3, -0.25) is 9.59 Å². The molecule has 0 bridgehead atoms. The Labute approximate surface area is 176 Å². The minimum Gasteiger partial charge on any atom is -0.351 e. The summed E-state index contributed by atoms with van der Waals surface area (Å²) in [6.45, 7) is 4.15. The first-order valence-electron chi connectivity index (χ1n) is 10.1. The Morgan fingerprint density at radius 3 is 2.63 bits per heavy atom. The zero-order chi connectivity index (χ0) is 21.7. The Bertz CT molecular complexity index is 945. The lowest BCUT2D eigenvalue weighted by Gasteiger charge is -2.27. The number of H-pyrrole nitrogens is 1. The number of aromatic amines is 1. The summed E-state index contributed by atoms with van der Waals surface area (Å²) in [5.74, 6) is -0.878. The largest absolute Gasteiger partial charge is 0.351 e. The molecule has 1 fully saturated rings. The fourth-order valence-electron chi connectivity index (χ4n) is 3.78.